The van der Waals surface area contributed by atoms with Gasteiger partial charge >= 0.3 is 0 Å². The number of fused-ring (bicyclic) bond motifs is 2. The molecule has 2 nitrogen and oxygen atoms in total. The van der Waals surface area contributed by atoms with Gasteiger partial charge in [0.2, 0.25) is 0 Å². The molecule has 3 rings (SSSR count). The molecule has 1 aliphatic carbocycles. The van der Waals surface area contributed by atoms with Crippen molar-refractivity contribution in [2.24, 2.45) is 11.8 Å². The predicted octanol–water partition coefficient (Wildman–Crippen LogP) is 2.18. The van der Waals surface area contributed by atoms with Crippen molar-refractivity contribution in [2.75, 3.05) is 13.1 Å². The number of nitrogens with zero attached hydrogens (tertiary/aromatic N) is 1. The molecular weight excluding hydrogens is 184 g/mol. The standard InChI is InChI=1S/C13H18N2/c1-2-11(8-14-5-1)13-4-3-10-6-12(13)9-15-7-10/h1-2,5,8,10,12-13,15H,3-4,6-7,9H2. The van der Waals surface area contributed by atoms with Crippen molar-refractivity contribution in [3.63, 3.8) is 0 Å². The summed E-state index contributed by atoms with van der Waals surface area (Å²) in [4.78, 5) is 4.25. The zero-order valence-electron chi connectivity index (χ0n) is 9.02. The molecule has 0 radical (unpaired) electrons. The highest BCUT2D eigenvalue weighted by molar-refractivity contribution is 5.17. The van der Waals surface area contributed by atoms with Gasteiger partial charge < -0.3 is 5.32 Å². The Labute approximate surface area is 91.1 Å². The topological polar surface area (TPSA) is 24.9 Å². The molecule has 0 aromatic carbocycles. The van der Waals surface area contributed by atoms with Gasteiger partial charge in [0.1, 0.15) is 0 Å². The van der Waals surface area contributed by atoms with Crippen LogP contribution in [-0.4, -0.2) is 18.1 Å². The van der Waals surface area contributed by atoms with Gasteiger partial charge in [-0.05, 0) is 61.7 Å². The maximum atomic E-state index is 4.25. The van der Waals surface area contributed by atoms with E-state index < -0.39 is 0 Å². The lowest BCUT2D eigenvalue weighted by atomic mass is 9.70. The van der Waals surface area contributed by atoms with Gasteiger partial charge in [-0.15, -0.1) is 0 Å². The van der Waals surface area contributed by atoms with Crippen LogP contribution in [-0.2, 0) is 0 Å². The minimum absolute atomic E-state index is 0.753. The minimum Gasteiger partial charge on any atom is -0.316 e. The molecule has 1 N–H and O–H groups in total. The van der Waals surface area contributed by atoms with Crippen molar-refractivity contribution in [3.8, 4) is 0 Å². The monoisotopic (exact) mass is 202 g/mol. The lowest BCUT2D eigenvalue weighted by Gasteiger charge is -2.40. The van der Waals surface area contributed by atoms with Crippen molar-refractivity contribution in [1.82, 2.24) is 10.3 Å². The van der Waals surface area contributed by atoms with Gasteiger partial charge in [0.15, 0.2) is 0 Å². The van der Waals surface area contributed by atoms with Gasteiger partial charge in [0.25, 0.3) is 0 Å². The largest absolute Gasteiger partial charge is 0.316 e. The molecule has 3 unspecified atom stereocenters. The highest BCUT2D eigenvalue weighted by Crippen LogP contribution is 2.41. The number of aromatic nitrogens is 1. The molecule has 3 atom stereocenters. The van der Waals surface area contributed by atoms with Crippen molar-refractivity contribution >= 4 is 0 Å². The third kappa shape index (κ3) is 1.78. The number of piperidine rings is 1. The van der Waals surface area contributed by atoms with Crippen LogP contribution in [0.4, 0.5) is 0 Å². The van der Waals surface area contributed by atoms with Crippen LogP contribution in [0.15, 0.2) is 24.5 Å². The molecule has 1 aromatic rings. The van der Waals surface area contributed by atoms with E-state index in [4.69, 9.17) is 0 Å². The van der Waals surface area contributed by atoms with Gasteiger partial charge in [-0.1, -0.05) is 6.07 Å². The lowest BCUT2D eigenvalue weighted by molar-refractivity contribution is 0.180. The van der Waals surface area contributed by atoms with Crippen LogP contribution < -0.4 is 5.32 Å². The third-order valence-electron chi connectivity index (χ3n) is 4.04. The fraction of sp³-hybridized carbons (Fsp3) is 0.615. The average Bonchev–Trinajstić information content (AvgIpc) is 2.31. The second kappa shape index (κ2) is 3.93. The maximum Gasteiger partial charge on any atom is 0.0302 e. The van der Waals surface area contributed by atoms with Crippen LogP contribution in [0.3, 0.4) is 0 Å². The Hall–Kier alpha value is -0.890. The molecule has 1 aliphatic heterocycles. The Kier molecular flexibility index (Phi) is 2.45. The summed E-state index contributed by atoms with van der Waals surface area (Å²) >= 11 is 0. The van der Waals surface area contributed by atoms with E-state index in [1.807, 2.05) is 6.20 Å². The fourth-order valence-corrected chi connectivity index (χ4v) is 3.28. The maximum absolute atomic E-state index is 4.25. The zero-order chi connectivity index (χ0) is 10.1. The van der Waals surface area contributed by atoms with E-state index in [1.165, 1.54) is 37.9 Å². The van der Waals surface area contributed by atoms with Crippen molar-refractivity contribution < 1.29 is 0 Å². The summed E-state index contributed by atoms with van der Waals surface area (Å²) in [7, 11) is 0. The van der Waals surface area contributed by atoms with E-state index in [0.717, 1.165) is 17.8 Å². The van der Waals surface area contributed by atoms with E-state index in [-0.39, 0.29) is 0 Å². The van der Waals surface area contributed by atoms with Crippen LogP contribution in [0.2, 0.25) is 0 Å². The van der Waals surface area contributed by atoms with Crippen LogP contribution in [0.1, 0.15) is 30.7 Å². The van der Waals surface area contributed by atoms with Crippen molar-refractivity contribution in [1.29, 1.82) is 0 Å². The molecule has 2 bridgehead atoms. The van der Waals surface area contributed by atoms with Gasteiger partial charge in [0, 0.05) is 12.4 Å². The SMILES string of the molecule is c1cncc(C2CCC3CNCC2C3)c1. The molecule has 1 saturated carbocycles. The van der Waals surface area contributed by atoms with Crippen LogP contribution in [0, 0.1) is 11.8 Å². The number of hydrogen-bond donors (Lipinski definition) is 1. The first-order chi connectivity index (χ1) is 7.43. The van der Waals surface area contributed by atoms with Gasteiger partial charge in [0.05, 0.1) is 0 Å². The smallest absolute Gasteiger partial charge is 0.0302 e. The summed E-state index contributed by atoms with van der Waals surface area (Å²) in [6.07, 6.45) is 8.10. The molecule has 2 aliphatic rings. The van der Waals surface area contributed by atoms with E-state index in [9.17, 15) is 0 Å². The Morgan fingerprint density at radius 1 is 1.27 bits per heavy atom. The summed E-state index contributed by atoms with van der Waals surface area (Å²) < 4.78 is 0. The molecule has 1 aromatic heterocycles. The van der Waals surface area contributed by atoms with Gasteiger partial charge in [-0.3, -0.25) is 4.98 Å². The van der Waals surface area contributed by atoms with Crippen molar-refractivity contribution in [3.05, 3.63) is 30.1 Å². The fourth-order valence-electron chi connectivity index (χ4n) is 3.28. The summed E-state index contributed by atoms with van der Waals surface area (Å²) in [5.41, 5.74) is 1.45. The molecule has 0 spiro atoms. The number of hydrogen-bond acceptors (Lipinski definition) is 2. The van der Waals surface area contributed by atoms with Gasteiger partial charge in [-0.2, -0.15) is 0 Å². The lowest BCUT2D eigenvalue weighted by Crippen LogP contribution is -2.42. The summed E-state index contributed by atoms with van der Waals surface area (Å²) in [6, 6.07) is 4.31. The molecule has 2 fully saturated rings. The van der Waals surface area contributed by atoms with E-state index in [0.29, 0.717) is 0 Å². The van der Waals surface area contributed by atoms with Crippen molar-refractivity contribution in [2.45, 2.75) is 25.2 Å². The van der Waals surface area contributed by atoms with E-state index in [2.05, 4.69) is 28.6 Å². The molecular formula is C13H18N2. The van der Waals surface area contributed by atoms with E-state index in [1.54, 1.807) is 0 Å². The Morgan fingerprint density at radius 3 is 3.13 bits per heavy atom. The van der Waals surface area contributed by atoms with Crippen LogP contribution in [0.5, 0.6) is 0 Å². The number of rotatable bonds is 1. The summed E-state index contributed by atoms with van der Waals surface area (Å²) in [5, 5.41) is 3.57. The second-order valence-corrected chi connectivity index (χ2v) is 4.99. The first-order valence-corrected chi connectivity index (χ1v) is 6.04. The van der Waals surface area contributed by atoms with E-state index >= 15 is 0 Å². The highest BCUT2D eigenvalue weighted by atomic mass is 14.9. The molecule has 80 valence electrons. The Morgan fingerprint density at radius 2 is 2.27 bits per heavy atom. The predicted molar refractivity (Wildman–Crippen MR) is 60.7 cm³/mol. The minimum atomic E-state index is 0.753. The third-order valence-corrected chi connectivity index (χ3v) is 4.04. The Balaban J connectivity index is 1.81. The first-order valence-electron chi connectivity index (χ1n) is 6.04. The Bertz CT molecular complexity index is 323. The molecule has 1 saturated heterocycles. The number of nitrogens with one attached hydrogen (secondary N) is 1. The zero-order valence-corrected chi connectivity index (χ0v) is 9.02. The first kappa shape index (κ1) is 9.34. The summed E-state index contributed by atoms with van der Waals surface area (Å²) in [6.45, 7) is 2.45. The molecule has 15 heavy (non-hydrogen) atoms. The summed E-state index contributed by atoms with van der Waals surface area (Å²) in [5.74, 6) is 2.54. The van der Waals surface area contributed by atoms with Gasteiger partial charge in [-0.25, -0.2) is 0 Å². The van der Waals surface area contributed by atoms with Crippen LogP contribution >= 0.6 is 0 Å². The molecule has 2 heteroatoms. The molecule has 0 amide bonds. The second-order valence-electron chi connectivity index (χ2n) is 4.99. The number of pyridine rings is 1. The molecule has 2 heterocycles. The quantitative estimate of drug-likeness (QED) is 0.755. The average molecular weight is 202 g/mol. The normalized spacial score (nSPS) is 35.1. The highest BCUT2D eigenvalue weighted by Gasteiger charge is 2.33. The van der Waals surface area contributed by atoms with Crippen LogP contribution in [0.25, 0.3) is 0 Å².